The van der Waals surface area contributed by atoms with Crippen molar-refractivity contribution < 1.29 is 33.2 Å². The average Bonchev–Trinajstić information content (AvgIpc) is 3.35. The summed E-state index contributed by atoms with van der Waals surface area (Å²) < 4.78 is 9.67. The van der Waals surface area contributed by atoms with Gasteiger partial charge in [-0.05, 0) is 24.7 Å². The van der Waals surface area contributed by atoms with Gasteiger partial charge in [0.05, 0.1) is 12.2 Å². The minimum atomic E-state index is -0.917. The molecule has 2 atom stereocenters. The third-order valence-corrected chi connectivity index (χ3v) is 5.37. The van der Waals surface area contributed by atoms with Crippen LogP contribution in [0.25, 0.3) is 0 Å². The first-order valence-corrected chi connectivity index (χ1v) is 11.8. The van der Waals surface area contributed by atoms with E-state index < -0.39 is 36.4 Å². The van der Waals surface area contributed by atoms with Gasteiger partial charge in [0.1, 0.15) is 6.04 Å². The van der Waals surface area contributed by atoms with Crippen molar-refractivity contribution in [3.8, 4) is 0 Å². The van der Waals surface area contributed by atoms with Crippen molar-refractivity contribution in [3.63, 3.8) is 0 Å². The molecule has 3 amide bonds. The van der Waals surface area contributed by atoms with Crippen LogP contribution in [-0.4, -0.2) is 71.4 Å². The van der Waals surface area contributed by atoms with E-state index in [9.17, 15) is 24.0 Å². The van der Waals surface area contributed by atoms with Gasteiger partial charge in [-0.2, -0.15) is 0 Å². The lowest BCUT2D eigenvalue weighted by molar-refractivity contribution is -0.147. The van der Waals surface area contributed by atoms with Gasteiger partial charge in [0.25, 0.3) is 0 Å². The molecular formula is C23H35N5O7. The van der Waals surface area contributed by atoms with Gasteiger partial charge in [-0.25, -0.2) is 10.2 Å². The Morgan fingerprint density at radius 3 is 2.60 bits per heavy atom. The summed E-state index contributed by atoms with van der Waals surface area (Å²) in [4.78, 5) is 62.2. The number of ether oxygens (including phenoxy) is 1. The van der Waals surface area contributed by atoms with E-state index in [0.29, 0.717) is 25.8 Å². The lowest BCUT2D eigenvalue weighted by Crippen LogP contribution is -2.61. The van der Waals surface area contributed by atoms with Gasteiger partial charge >= 0.3 is 5.97 Å². The van der Waals surface area contributed by atoms with Crippen LogP contribution in [-0.2, 0) is 23.9 Å². The SMILES string of the molecule is CC(C)CC(=O)NCCC(=O)N1NCCCC1C(=O)NC(C(=O)COC(=O)c1ccno1)C(C)C. The van der Waals surface area contributed by atoms with E-state index in [2.05, 4.69) is 21.2 Å². The van der Waals surface area contributed by atoms with E-state index in [1.165, 1.54) is 17.3 Å². The monoisotopic (exact) mass is 493 g/mol. The van der Waals surface area contributed by atoms with Crippen LogP contribution in [0.2, 0.25) is 0 Å². The Hall–Kier alpha value is -3.28. The number of amides is 3. The van der Waals surface area contributed by atoms with Crippen molar-refractivity contribution in [1.29, 1.82) is 0 Å². The third kappa shape index (κ3) is 8.78. The zero-order valence-electron chi connectivity index (χ0n) is 20.7. The van der Waals surface area contributed by atoms with Crippen LogP contribution in [0.15, 0.2) is 16.8 Å². The van der Waals surface area contributed by atoms with E-state index in [1.807, 2.05) is 13.8 Å². The van der Waals surface area contributed by atoms with Gasteiger partial charge in [0.15, 0.2) is 12.4 Å². The Balaban J connectivity index is 1.93. The number of hydrazine groups is 1. The van der Waals surface area contributed by atoms with Gasteiger partial charge in [-0.15, -0.1) is 0 Å². The topological polar surface area (TPSA) is 160 Å². The van der Waals surface area contributed by atoms with Crippen molar-refractivity contribution in [2.24, 2.45) is 11.8 Å². The highest BCUT2D eigenvalue weighted by Crippen LogP contribution is 2.14. The van der Waals surface area contributed by atoms with Gasteiger partial charge in [-0.1, -0.05) is 32.9 Å². The number of aromatic nitrogens is 1. The van der Waals surface area contributed by atoms with Crippen LogP contribution < -0.4 is 16.1 Å². The highest BCUT2D eigenvalue weighted by Gasteiger charge is 2.35. The molecule has 1 fully saturated rings. The Bertz CT molecular complexity index is 885. The number of nitrogens with one attached hydrogen (secondary N) is 3. The Labute approximate surface area is 204 Å². The molecule has 0 radical (unpaired) electrons. The molecular weight excluding hydrogens is 458 g/mol. The summed E-state index contributed by atoms with van der Waals surface area (Å²) in [6.45, 7) is 7.51. The van der Waals surface area contributed by atoms with Crippen LogP contribution in [0.1, 0.15) is 63.9 Å². The first-order chi connectivity index (χ1) is 16.6. The fourth-order valence-electron chi connectivity index (χ4n) is 3.60. The summed E-state index contributed by atoms with van der Waals surface area (Å²) in [6.07, 6.45) is 2.77. The maximum absolute atomic E-state index is 13.1. The number of carbonyl (C=O) groups is 5. The number of rotatable bonds is 12. The molecule has 2 heterocycles. The van der Waals surface area contributed by atoms with Crippen LogP contribution in [0.3, 0.4) is 0 Å². The highest BCUT2D eigenvalue weighted by molar-refractivity contribution is 5.95. The van der Waals surface area contributed by atoms with E-state index in [-0.39, 0.29) is 42.4 Å². The molecule has 1 aromatic heterocycles. The van der Waals surface area contributed by atoms with Crippen molar-refractivity contribution in [2.45, 2.75) is 65.5 Å². The molecule has 1 aliphatic heterocycles. The lowest BCUT2D eigenvalue weighted by atomic mass is 9.98. The van der Waals surface area contributed by atoms with Gasteiger partial charge < -0.3 is 19.9 Å². The van der Waals surface area contributed by atoms with Crippen molar-refractivity contribution >= 4 is 29.5 Å². The summed E-state index contributed by atoms with van der Waals surface area (Å²) >= 11 is 0. The number of hydrogen-bond acceptors (Lipinski definition) is 9. The average molecular weight is 494 g/mol. The van der Waals surface area contributed by atoms with Crippen LogP contribution in [0, 0.1) is 11.8 Å². The second kappa shape index (κ2) is 13.6. The normalized spacial score (nSPS) is 16.6. The number of carbonyl (C=O) groups excluding carboxylic acids is 5. The summed E-state index contributed by atoms with van der Waals surface area (Å²) in [5, 5.41) is 10.1. The Morgan fingerprint density at radius 1 is 1.23 bits per heavy atom. The second-order valence-corrected chi connectivity index (χ2v) is 9.18. The zero-order chi connectivity index (χ0) is 26.0. The number of hydrogen-bond donors (Lipinski definition) is 3. The van der Waals surface area contributed by atoms with E-state index in [0.717, 1.165) is 0 Å². The third-order valence-electron chi connectivity index (χ3n) is 5.37. The van der Waals surface area contributed by atoms with E-state index in [4.69, 9.17) is 9.26 Å². The summed E-state index contributed by atoms with van der Waals surface area (Å²) in [7, 11) is 0. The number of ketones is 1. The number of Topliss-reactive ketones (excluding diaryl/α,β-unsaturated/α-hetero) is 1. The van der Waals surface area contributed by atoms with Crippen molar-refractivity contribution in [2.75, 3.05) is 19.7 Å². The molecule has 2 unspecified atom stereocenters. The molecule has 0 saturated carbocycles. The molecule has 2 rings (SSSR count). The van der Waals surface area contributed by atoms with Crippen LogP contribution in [0.4, 0.5) is 0 Å². The van der Waals surface area contributed by atoms with Gasteiger partial charge in [0, 0.05) is 32.0 Å². The molecule has 0 spiro atoms. The largest absolute Gasteiger partial charge is 0.452 e. The summed E-state index contributed by atoms with van der Waals surface area (Å²) in [6, 6.07) is -0.418. The second-order valence-electron chi connectivity index (χ2n) is 9.18. The Kier molecular flexibility index (Phi) is 10.8. The van der Waals surface area contributed by atoms with Gasteiger partial charge in [0.2, 0.25) is 23.5 Å². The molecule has 35 heavy (non-hydrogen) atoms. The standard InChI is InChI=1S/C23H35N5O7/c1-14(2)12-19(30)24-10-8-20(31)28-16(6-5-9-25-28)22(32)27-21(15(3)4)17(29)13-34-23(33)18-7-11-26-35-18/h7,11,14-16,21,25H,5-6,8-10,12-13H2,1-4H3,(H,24,30)(H,27,32). The molecule has 0 bridgehead atoms. The molecule has 1 saturated heterocycles. The predicted octanol–water partition coefficient (Wildman–Crippen LogP) is 0.589. The molecule has 0 aromatic carbocycles. The zero-order valence-corrected chi connectivity index (χ0v) is 20.7. The maximum atomic E-state index is 13.1. The number of nitrogens with zero attached hydrogens (tertiary/aromatic N) is 2. The smallest absolute Gasteiger partial charge is 0.377 e. The number of esters is 1. The molecule has 194 valence electrons. The lowest BCUT2D eigenvalue weighted by Gasteiger charge is -2.36. The van der Waals surface area contributed by atoms with E-state index >= 15 is 0 Å². The quantitative estimate of drug-likeness (QED) is 0.354. The van der Waals surface area contributed by atoms with Crippen molar-refractivity contribution in [1.82, 2.24) is 26.2 Å². The molecule has 1 aromatic rings. The van der Waals surface area contributed by atoms with E-state index in [1.54, 1.807) is 13.8 Å². The first kappa shape index (κ1) is 28.0. The fourth-order valence-corrected chi connectivity index (χ4v) is 3.60. The molecule has 3 N–H and O–H groups in total. The minimum Gasteiger partial charge on any atom is -0.452 e. The van der Waals surface area contributed by atoms with Gasteiger partial charge in [-0.3, -0.25) is 24.2 Å². The predicted molar refractivity (Wildman–Crippen MR) is 124 cm³/mol. The summed E-state index contributed by atoms with van der Waals surface area (Å²) in [5.41, 5.74) is 2.95. The van der Waals surface area contributed by atoms with Crippen LogP contribution >= 0.6 is 0 Å². The first-order valence-electron chi connectivity index (χ1n) is 11.8. The maximum Gasteiger partial charge on any atom is 0.377 e. The van der Waals surface area contributed by atoms with Crippen molar-refractivity contribution in [3.05, 3.63) is 18.0 Å². The minimum absolute atomic E-state index is 0.0325. The highest BCUT2D eigenvalue weighted by atomic mass is 16.6. The Morgan fingerprint density at radius 2 is 1.97 bits per heavy atom. The molecule has 12 nitrogen and oxygen atoms in total. The molecule has 1 aliphatic rings. The molecule has 12 heteroatoms. The summed E-state index contributed by atoms with van der Waals surface area (Å²) in [5.74, 6) is -2.47. The van der Waals surface area contributed by atoms with Crippen LogP contribution in [0.5, 0.6) is 0 Å². The fraction of sp³-hybridized carbons (Fsp3) is 0.652. The molecule has 0 aliphatic carbocycles.